The topological polar surface area (TPSA) is 278 Å². The Balaban J connectivity index is 0.000000274. The van der Waals surface area contributed by atoms with E-state index in [0.29, 0.717) is 49.1 Å². The maximum Gasteiger partial charge on any atom is 0.322 e. The Bertz CT molecular complexity index is 4330. The predicted octanol–water partition coefficient (Wildman–Crippen LogP) is 12.8. The smallest absolute Gasteiger partial charge is 0.322 e. The van der Waals surface area contributed by atoms with Gasteiger partial charge in [-0.25, -0.2) is 26.3 Å². The van der Waals surface area contributed by atoms with Crippen LogP contribution in [0.15, 0.2) is 237 Å². The van der Waals surface area contributed by atoms with Gasteiger partial charge in [-0.05, 0) is 83.9 Å². The second-order valence-electron chi connectivity index (χ2n) is 25.3. The molecule has 0 aliphatic carbocycles. The first-order valence-electron chi connectivity index (χ1n) is 34.9. The molecular weight excluding hydrogens is 1450 g/mol. The first kappa shape index (κ1) is 89.2. The fourth-order valence-electron chi connectivity index (χ4n) is 11.5. The number of alkyl halides is 1. The summed E-state index contributed by atoms with van der Waals surface area (Å²) < 4.78 is 96.7. The van der Waals surface area contributed by atoms with Crippen LogP contribution < -0.4 is 22.1 Å². The largest absolute Gasteiger partial charge is 0.481 e. The van der Waals surface area contributed by atoms with Gasteiger partial charge < -0.3 is 41.4 Å². The molecule has 580 valence electrons. The molecule has 0 spiro atoms. The number of hydrogen-bond donors (Lipinski definition) is 5. The molecule has 2 amide bonds. The van der Waals surface area contributed by atoms with Crippen LogP contribution in [0, 0.1) is 52.7 Å². The van der Waals surface area contributed by atoms with Gasteiger partial charge in [0.15, 0.2) is 17.3 Å². The van der Waals surface area contributed by atoms with Gasteiger partial charge in [-0.2, -0.15) is 0 Å². The van der Waals surface area contributed by atoms with Crippen LogP contribution in [-0.4, -0.2) is 110 Å². The summed E-state index contributed by atoms with van der Waals surface area (Å²) in [5.74, 6) is -14.5. The Kier molecular flexibility index (Phi) is 39.0. The Hall–Kier alpha value is -11.4. The molecule has 0 bridgehead atoms. The zero-order valence-corrected chi connectivity index (χ0v) is 61.9. The van der Waals surface area contributed by atoms with E-state index < -0.39 is 136 Å². The van der Waals surface area contributed by atoms with Crippen LogP contribution in [-0.2, 0) is 115 Å². The van der Waals surface area contributed by atoms with Crippen molar-refractivity contribution < 1.29 is 88.8 Å². The molecule has 0 fully saturated rings. The number of hydrogen-bond acceptors (Lipinski definition) is 14. The number of aliphatic carboxylic acids is 1. The van der Waals surface area contributed by atoms with Crippen molar-refractivity contribution in [1.82, 2.24) is 10.6 Å². The van der Waals surface area contributed by atoms with Crippen LogP contribution in [0.1, 0.15) is 69.3 Å². The fraction of sp³-hybridized carbons (Fsp3) is 0.267. The quantitative estimate of drug-likeness (QED) is 0.0111. The Morgan fingerprint density at radius 1 is 0.345 bits per heavy atom. The first-order chi connectivity index (χ1) is 52.8. The Labute approximate surface area is 640 Å². The molecular formula is C86H89ClF6N4O13. The molecule has 0 saturated carbocycles. The van der Waals surface area contributed by atoms with Crippen molar-refractivity contribution in [2.24, 2.45) is 29.2 Å². The van der Waals surface area contributed by atoms with E-state index in [1.807, 2.05) is 121 Å². The predicted molar refractivity (Wildman–Crippen MR) is 406 cm³/mol. The minimum atomic E-state index is -1.21. The van der Waals surface area contributed by atoms with Crippen molar-refractivity contribution >= 4 is 64.6 Å². The molecule has 110 heavy (non-hydrogen) atoms. The molecule has 0 saturated heterocycles. The van der Waals surface area contributed by atoms with Crippen LogP contribution >= 0.6 is 11.6 Å². The Morgan fingerprint density at radius 2 is 0.582 bits per heavy atom. The van der Waals surface area contributed by atoms with Crippen molar-refractivity contribution in [2.45, 2.75) is 101 Å². The molecule has 9 aromatic carbocycles. The van der Waals surface area contributed by atoms with E-state index in [9.17, 15) is 74.6 Å². The lowest BCUT2D eigenvalue weighted by Crippen LogP contribution is -2.44. The van der Waals surface area contributed by atoms with E-state index in [2.05, 4.69) is 27.0 Å². The highest BCUT2D eigenvalue weighted by atomic mass is 35.5. The van der Waals surface area contributed by atoms with E-state index >= 15 is 0 Å². The molecule has 0 heterocycles. The number of nitrogens with one attached hydrogen (secondary N) is 2. The summed E-state index contributed by atoms with van der Waals surface area (Å²) in [7, 11) is 3.92. The molecule has 24 heteroatoms. The van der Waals surface area contributed by atoms with Crippen molar-refractivity contribution in [1.29, 1.82) is 0 Å². The highest BCUT2D eigenvalue weighted by Gasteiger charge is 2.32. The number of Topliss-reactive ketones (excluding diaryl/α,β-unsaturated/α-hetero) is 3. The summed E-state index contributed by atoms with van der Waals surface area (Å²) >= 11 is 4.64. The number of methoxy groups -OCH3 is 3. The molecule has 9 aromatic rings. The average Bonchev–Trinajstić information content (AvgIpc) is 0.840. The number of carbonyl (C=O) groups excluding carboxylic acids is 8. The fourth-order valence-corrected chi connectivity index (χ4v) is 11.5. The number of nitrogens with two attached hydrogens (primary N) is 2. The number of esters is 3. The van der Waals surface area contributed by atoms with Gasteiger partial charge in [-0.15, -0.1) is 11.6 Å². The number of ether oxygens (including phenoxy) is 3. The minimum absolute atomic E-state index is 0.0669. The van der Waals surface area contributed by atoms with Gasteiger partial charge in [0, 0.05) is 61.0 Å². The number of benzene rings is 9. The third-order valence-electron chi connectivity index (χ3n) is 17.1. The summed E-state index contributed by atoms with van der Waals surface area (Å²) in [6.45, 7) is 0. The van der Waals surface area contributed by atoms with Gasteiger partial charge in [0.1, 0.15) is 40.9 Å². The first-order valence-corrected chi connectivity index (χ1v) is 35.6. The van der Waals surface area contributed by atoms with Crippen LogP contribution in [0.2, 0.25) is 0 Å². The summed E-state index contributed by atoms with van der Waals surface area (Å²) in [5, 5.41) is 14.7. The number of rotatable bonds is 33. The number of halogens is 7. The molecule has 0 radical (unpaired) electrons. The zero-order chi connectivity index (χ0) is 80.5. The van der Waals surface area contributed by atoms with Gasteiger partial charge in [-0.1, -0.05) is 212 Å². The van der Waals surface area contributed by atoms with E-state index in [4.69, 9.17) is 20.9 Å². The lowest BCUT2D eigenvalue weighted by atomic mass is 9.90. The second kappa shape index (κ2) is 48.1. The van der Waals surface area contributed by atoms with Crippen LogP contribution in [0.5, 0.6) is 0 Å². The molecule has 0 aromatic heterocycles. The van der Waals surface area contributed by atoms with Crippen LogP contribution in [0.25, 0.3) is 0 Å². The van der Waals surface area contributed by atoms with E-state index in [-0.39, 0.29) is 62.7 Å². The highest BCUT2D eigenvalue weighted by Crippen LogP contribution is 2.23. The number of ketones is 3. The van der Waals surface area contributed by atoms with Crippen molar-refractivity contribution in [3.63, 3.8) is 0 Å². The van der Waals surface area contributed by atoms with E-state index in [1.54, 1.807) is 91.0 Å². The van der Waals surface area contributed by atoms with Gasteiger partial charge in [-0.3, -0.25) is 43.2 Å². The molecule has 9 rings (SSSR count). The van der Waals surface area contributed by atoms with E-state index in [0.717, 1.165) is 33.4 Å². The number of carbonyl (C=O) groups is 9. The number of carboxylic acid groups (broad SMARTS) is 1. The molecule has 7 atom stereocenters. The molecule has 0 aliphatic rings. The lowest BCUT2D eigenvalue weighted by Gasteiger charge is -2.21. The van der Waals surface area contributed by atoms with Gasteiger partial charge in [0.25, 0.3) is 0 Å². The third kappa shape index (κ3) is 31.8. The van der Waals surface area contributed by atoms with E-state index in [1.165, 1.54) is 27.7 Å². The van der Waals surface area contributed by atoms with Crippen LogP contribution in [0.3, 0.4) is 0 Å². The monoisotopic (exact) mass is 1530 g/mol. The average molecular weight is 1540 g/mol. The number of amides is 2. The van der Waals surface area contributed by atoms with Gasteiger partial charge >= 0.3 is 23.9 Å². The van der Waals surface area contributed by atoms with Crippen molar-refractivity contribution in [2.75, 3.05) is 27.7 Å². The van der Waals surface area contributed by atoms with Gasteiger partial charge in [0.2, 0.25) is 11.8 Å². The maximum atomic E-state index is 14.0. The SMILES string of the molecule is CCl.COC(=O)[C@@H](CC(=O)[C@@H](N)Cc1ccccc1)Cc1ccccc1.COC(=O)[C@@H](CC(=O)[C@H](Cc1ccccc1)NC(=O)Cc1c(F)cc(F)cc1F)Cc1ccccc1.COC(=O)[C@@H](N)Cc1ccccc1.O=C(Cc1c(F)cc(F)cc1F)N[C@@H](Cc1ccccc1)C(=O)C[C@@H](Cc1ccccc1)C(=O)O. The summed E-state index contributed by atoms with van der Waals surface area (Å²) in [5.41, 5.74) is 16.5. The minimum Gasteiger partial charge on any atom is -0.481 e. The summed E-state index contributed by atoms with van der Waals surface area (Å²) in [6.07, 6.45) is 1.57. The molecule has 17 nitrogen and oxygen atoms in total. The third-order valence-corrected chi connectivity index (χ3v) is 17.1. The molecule has 0 unspecified atom stereocenters. The number of carboxylic acids is 1. The summed E-state index contributed by atoms with van der Waals surface area (Å²) in [6, 6.07) is 63.0. The molecule has 0 aliphatic heterocycles. The van der Waals surface area contributed by atoms with Crippen molar-refractivity contribution in [3.8, 4) is 0 Å². The normalized spacial score (nSPS) is 12.4. The van der Waals surface area contributed by atoms with Crippen molar-refractivity contribution in [3.05, 3.63) is 322 Å². The summed E-state index contributed by atoms with van der Waals surface area (Å²) in [4.78, 5) is 111. The maximum absolute atomic E-state index is 14.0. The second-order valence-corrected chi connectivity index (χ2v) is 25.3. The zero-order valence-electron chi connectivity index (χ0n) is 61.2. The highest BCUT2D eigenvalue weighted by molar-refractivity contribution is 6.15. The lowest BCUT2D eigenvalue weighted by molar-refractivity contribution is -0.147. The Morgan fingerprint density at radius 3 is 0.855 bits per heavy atom. The van der Waals surface area contributed by atoms with Crippen LogP contribution in [0.4, 0.5) is 26.3 Å². The standard InChI is InChI=1S/C28H26F3NO4.C27H24F3NO4.C20H23NO3.C10H13NO2.CH3Cl/c1-36-28(35)20(12-18-8-4-2-5-9-18)14-26(33)25(13-19-10-6-3-7-11-19)32-27(34)17-22-23(30)15-21(29)16-24(22)31;28-20-14-22(29)21(23(30)15-20)16-26(33)31-24(12-18-9-5-2-6-10-18)25(32)13-19(27(34)35)11-17-7-3-1-4-8-17;1-24-20(23)17(12-15-8-4-2-5-9-15)14-19(22)18(21)13-16-10-6-3-7-11-16;1-13-10(12)9(11)7-8-5-3-2-4-6-8;1-2/h2-11,15-16,20,25H,12-14,17H2,1H3,(H,32,34);1-10,14-15,19,24H,11-13,16H2,(H,31,33)(H,34,35);2-11,17-18H,12-14,21H2,1H3;2-6,9H,7,11H2,1H3;1H3/t20-,25+;19-,24+;17-,18+;9-;/m1110./s1. The van der Waals surface area contributed by atoms with Gasteiger partial charge in [0.05, 0.1) is 70.1 Å². The molecule has 7 N–H and O–H groups in total.